The number of hydrogen-bond acceptors (Lipinski definition) is 4. The molecule has 5 heteroatoms. The number of ether oxygens (including phenoxy) is 1. The molecule has 1 heterocycles. The number of aryl methyl sites for hydroxylation is 1. The normalized spacial score (nSPS) is 15.7. The average molecular weight is 353 g/mol. The number of hydrogen-bond donors (Lipinski definition) is 1. The molecule has 2 aromatic carbocycles. The summed E-state index contributed by atoms with van der Waals surface area (Å²) < 4.78 is 5.32. The number of piperazine rings is 1. The van der Waals surface area contributed by atoms with Crippen molar-refractivity contribution >= 4 is 11.6 Å². The lowest BCUT2D eigenvalue weighted by Crippen LogP contribution is -2.43. The van der Waals surface area contributed by atoms with E-state index in [2.05, 4.69) is 28.2 Å². The number of anilines is 1. The average Bonchev–Trinajstić information content (AvgIpc) is 2.65. The van der Waals surface area contributed by atoms with Crippen LogP contribution in [0.5, 0.6) is 5.75 Å². The van der Waals surface area contributed by atoms with Crippen molar-refractivity contribution in [1.82, 2.24) is 9.80 Å². The molecule has 3 rings (SSSR count). The highest BCUT2D eigenvalue weighted by atomic mass is 16.5. The van der Waals surface area contributed by atoms with Crippen LogP contribution >= 0.6 is 0 Å². The third kappa shape index (κ3) is 4.62. The van der Waals surface area contributed by atoms with E-state index in [1.165, 1.54) is 5.56 Å². The van der Waals surface area contributed by atoms with Gasteiger partial charge in [-0.2, -0.15) is 0 Å². The Morgan fingerprint density at radius 1 is 1.12 bits per heavy atom. The Balaban J connectivity index is 1.66. The lowest BCUT2D eigenvalue weighted by molar-refractivity contribution is 0.102. The van der Waals surface area contributed by atoms with Crippen molar-refractivity contribution in [3.63, 3.8) is 0 Å². The minimum atomic E-state index is -0.101. The first kappa shape index (κ1) is 18.4. The number of nitrogens with zero attached hydrogens (tertiary/aromatic N) is 2. The molecule has 0 bridgehead atoms. The standard InChI is InChI=1S/C21H27N3O2/c1-16-7-8-19(14-20(16)26-3)22-21(25)18-6-4-5-17(13-18)15-24-11-9-23(2)10-12-24/h4-8,13-14H,9-12,15H2,1-3H3,(H,22,25). The lowest BCUT2D eigenvalue weighted by atomic mass is 10.1. The summed E-state index contributed by atoms with van der Waals surface area (Å²) in [5.41, 5.74) is 3.63. The third-order valence-electron chi connectivity index (χ3n) is 4.86. The van der Waals surface area contributed by atoms with Gasteiger partial charge < -0.3 is 15.0 Å². The number of likely N-dealkylation sites (N-methyl/N-ethyl adjacent to an activating group) is 1. The third-order valence-corrected chi connectivity index (χ3v) is 4.86. The number of amides is 1. The van der Waals surface area contributed by atoms with Gasteiger partial charge in [-0.3, -0.25) is 9.69 Å². The summed E-state index contributed by atoms with van der Waals surface area (Å²) in [5.74, 6) is 0.669. The van der Waals surface area contributed by atoms with Crippen molar-refractivity contribution in [2.75, 3.05) is 45.7 Å². The van der Waals surface area contributed by atoms with Gasteiger partial charge in [0.05, 0.1) is 7.11 Å². The first-order chi connectivity index (χ1) is 12.5. The second-order valence-electron chi connectivity index (χ2n) is 6.92. The van der Waals surface area contributed by atoms with E-state index >= 15 is 0 Å². The SMILES string of the molecule is COc1cc(NC(=O)c2cccc(CN3CCN(C)CC3)c2)ccc1C. The second kappa shape index (κ2) is 8.34. The minimum absolute atomic E-state index is 0.101. The van der Waals surface area contributed by atoms with Gasteiger partial charge in [0.25, 0.3) is 5.91 Å². The van der Waals surface area contributed by atoms with E-state index in [1.54, 1.807) is 7.11 Å². The van der Waals surface area contributed by atoms with Gasteiger partial charge in [0.15, 0.2) is 0 Å². The Labute approximate surface area is 155 Å². The molecule has 138 valence electrons. The minimum Gasteiger partial charge on any atom is -0.496 e. The summed E-state index contributed by atoms with van der Waals surface area (Å²) in [7, 11) is 3.79. The monoisotopic (exact) mass is 353 g/mol. The number of benzene rings is 2. The van der Waals surface area contributed by atoms with Crippen molar-refractivity contribution in [2.24, 2.45) is 0 Å². The molecule has 5 nitrogen and oxygen atoms in total. The van der Waals surface area contributed by atoms with Gasteiger partial charge >= 0.3 is 0 Å². The molecule has 0 aliphatic carbocycles. The van der Waals surface area contributed by atoms with Crippen LogP contribution in [-0.2, 0) is 6.54 Å². The van der Waals surface area contributed by atoms with Crippen LogP contribution in [-0.4, -0.2) is 56.0 Å². The Hall–Kier alpha value is -2.37. The van der Waals surface area contributed by atoms with Crippen LogP contribution in [0.1, 0.15) is 21.5 Å². The number of carbonyl (C=O) groups is 1. The highest BCUT2D eigenvalue weighted by molar-refractivity contribution is 6.04. The smallest absolute Gasteiger partial charge is 0.255 e. The van der Waals surface area contributed by atoms with E-state index < -0.39 is 0 Å². The van der Waals surface area contributed by atoms with Crippen molar-refractivity contribution < 1.29 is 9.53 Å². The topological polar surface area (TPSA) is 44.8 Å². The molecule has 0 unspecified atom stereocenters. The van der Waals surface area contributed by atoms with Gasteiger partial charge in [-0.1, -0.05) is 18.2 Å². The second-order valence-corrected chi connectivity index (χ2v) is 6.92. The van der Waals surface area contributed by atoms with Crippen molar-refractivity contribution in [3.05, 3.63) is 59.2 Å². The van der Waals surface area contributed by atoms with Crippen LogP contribution in [0.2, 0.25) is 0 Å². The molecule has 1 N–H and O–H groups in total. The molecule has 1 fully saturated rings. The molecule has 1 aliphatic rings. The number of carbonyl (C=O) groups excluding carboxylic acids is 1. The fourth-order valence-electron chi connectivity index (χ4n) is 3.18. The molecule has 0 spiro atoms. The Morgan fingerprint density at radius 2 is 1.88 bits per heavy atom. The number of methoxy groups -OCH3 is 1. The number of nitrogens with one attached hydrogen (secondary N) is 1. The predicted octanol–water partition coefficient (Wildman–Crippen LogP) is 3.00. The molecule has 2 aromatic rings. The van der Waals surface area contributed by atoms with Crippen LogP contribution in [0.25, 0.3) is 0 Å². The summed E-state index contributed by atoms with van der Waals surface area (Å²) in [6, 6.07) is 13.6. The van der Waals surface area contributed by atoms with Gasteiger partial charge in [-0.05, 0) is 43.3 Å². The molecule has 1 amide bonds. The molecule has 1 saturated heterocycles. The highest BCUT2D eigenvalue weighted by Gasteiger charge is 2.15. The summed E-state index contributed by atoms with van der Waals surface area (Å²) in [4.78, 5) is 17.4. The Kier molecular flexibility index (Phi) is 5.91. The quantitative estimate of drug-likeness (QED) is 0.898. The van der Waals surface area contributed by atoms with E-state index in [1.807, 2.05) is 43.3 Å². The molecule has 0 aromatic heterocycles. The van der Waals surface area contributed by atoms with Crippen molar-refractivity contribution in [2.45, 2.75) is 13.5 Å². The molecule has 1 aliphatic heterocycles. The molecule has 0 radical (unpaired) electrons. The van der Waals surface area contributed by atoms with E-state index in [0.29, 0.717) is 5.56 Å². The lowest BCUT2D eigenvalue weighted by Gasteiger charge is -2.32. The van der Waals surface area contributed by atoms with Crippen LogP contribution in [0, 0.1) is 6.92 Å². The zero-order chi connectivity index (χ0) is 18.5. The van der Waals surface area contributed by atoms with E-state index in [-0.39, 0.29) is 5.91 Å². The summed E-state index contributed by atoms with van der Waals surface area (Å²) in [5, 5.41) is 2.96. The molecule has 26 heavy (non-hydrogen) atoms. The van der Waals surface area contributed by atoms with E-state index in [9.17, 15) is 4.79 Å². The summed E-state index contributed by atoms with van der Waals surface area (Å²) >= 11 is 0. The summed E-state index contributed by atoms with van der Waals surface area (Å²) in [6.07, 6.45) is 0. The largest absolute Gasteiger partial charge is 0.496 e. The van der Waals surface area contributed by atoms with Gasteiger partial charge in [0.1, 0.15) is 5.75 Å². The van der Waals surface area contributed by atoms with Crippen molar-refractivity contribution in [1.29, 1.82) is 0 Å². The van der Waals surface area contributed by atoms with Gasteiger partial charge in [0, 0.05) is 50.0 Å². The maximum absolute atomic E-state index is 12.6. The van der Waals surface area contributed by atoms with Gasteiger partial charge in [-0.25, -0.2) is 0 Å². The molecular weight excluding hydrogens is 326 g/mol. The van der Waals surface area contributed by atoms with Crippen LogP contribution < -0.4 is 10.1 Å². The maximum Gasteiger partial charge on any atom is 0.255 e. The fraction of sp³-hybridized carbons (Fsp3) is 0.381. The van der Waals surface area contributed by atoms with E-state index in [4.69, 9.17) is 4.74 Å². The molecular formula is C21H27N3O2. The van der Waals surface area contributed by atoms with Gasteiger partial charge in [0.2, 0.25) is 0 Å². The van der Waals surface area contributed by atoms with Crippen LogP contribution in [0.4, 0.5) is 5.69 Å². The Morgan fingerprint density at radius 3 is 2.62 bits per heavy atom. The highest BCUT2D eigenvalue weighted by Crippen LogP contribution is 2.22. The zero-order valence-corrected chi connectivity index (χ0v) is 15.8. The van der Waals surface area contributed by atoms with E-state index in [0.717, 1.165) is 49.7 Å². The predicted molar refractivity (Wildman–Crippen MR) is 105 cm³/mol. The zero-order valence-electron chi connectivity index (χ0n) is 15.8. The van der Waals surface area contributed by atoms with Crippen molar-refractivity contribution in [3.8, 4) is 5.75 Å². The summed E-state index contributed by atoms with van der Waals surface area (Å²) in [6.45, 7) is 7.18. The first-order valence-corrected chi connectivity index (χ1v) is 9.01. The molecule has 0 atom stereocenters. The number of rotatable bonds is 5. The first-order valence-electron chi connectivity index (χ1n) is 9.01. The van der Waals surface area contributed by atoms with Crippen LogP contribution in [0.15, 0.2) is 42.5 Å². The molecule has 0 saturated carbocycles. The maximum atomic E-state index is 12.6. The fourth-order valence-corrected chi connectivity index (χ4v) is 3.18. The Bertz CT molecular complexity index is 768. The van der Waals surface area contributed by atoms with Crippen LogP contribution in [0.3, 0.4) is 0 Å². The van der Waals surface area contributed by atoms with Gasteiger partial charge in [-0.15, -0.1) is 0 Å².